The first-order chi connectivity index (χ1) is 8.89. The zero-order valence-electron chi connectivity index (χ0n) is 11.2. The summed E-state index contributed by atoms with van der Waals surface area (Å²) in [5.74, 6) is 0.476. The average molecular weight is 398 g/mol. The topological polar surface area (TPSA) is 18.5 Å². The summed E-state index contributed by atoms with van der Waals surface area (Å²) in [7, 11) is -1.78. The van der Waals surface area contributed by atoms with Gasteiger partial charge in [0.15, 0.2) is 11.5 Å². The highest BCUT2D eigenvalue weighted by Crippen LogP contribution is 2.44. The number of hydrogen-bond donors (Lipinski definition) is 0. The minimum Gasteiger partial charge on any atom is -0.395 e. The minimum absolute atomic E-state index is 0.204. The molecule has 1 aliphatic rings. The quantitative estimate of drug-likeness (QED) is 0.556. The van der Waals surface area contributed by atoms with Crippen molar-refractivity contribution < 1.29 is 18.3 Å². The number of benzene rings is 1. The standard InChI is InChI=1S/C13H17F2IO2Si/c1-4-19(5-2,6-3)10-8-7-9(16)11-12(10)18-13(14,15)17-11/h7-8H,4-6H2,1-3H3. The predicted molar refractivity (Wildman–Crippen MR) is 82.2 cm³/mol. The van der Waals surface area contributed by atoms with Gasteiger partial charge in [0.1, 0.15) is 0 Å². The van der Waals surface area contributed by atoms with Crippen molar-refractivity contribution in [3.63, 3.8) is 0 Å². The molecule has 1 aliphatic heterocycles. The van der Waals surface area contributed by atoms with Crippen molar-refractivity contribution in [1.29, 1.82) is 0 Å². The van der Waals surface area contributed by atoms with Gasteiger partial charge in [0, 0.05) is 0 Å². The highest BCUT2D eigenvalue weighted by Gasteiger charge is 2.48. The van der Waals surface area contributed by atoms with E-state index in [2.05, 4.69) is 25.5 Å². The molecule has 2 nitrogen and oxygen atoms in total. The molecule has 106 valence electrons. The van der Waals surface area contributed by atoms with Gasteiger partial charge in [-0.3, -0.25) is 0 Å². The second kappa shape index (κ2) is 5.20. The number of hydrogen-bond acceptors (Lipinski definition) is 2. The van der Waals surface area contributed by atoms with E-state index in [1.54, 1.807) is 0 Å². The van der Waals surface area contributed by atoms with E-state index in [1.165, 1.54) is 0 Å². The molecule has 0 saturated carbocycles. The molecule has 0 atom stereocenters. The van der Waals surface area contributed by atoms with Crippen molar-refractivity contribution in [2.45, 2.75) is 45.2 Å². The summed E-state index contributed by atoms with van der Waals surface area (Å²) >= 11 is 2.00. The molecule has 1 aromatic carbocycles. The van der Waals surface area contributed by atoms with Crippen LogP contribution in [0.25, 0.3) is 0 Å². The summed E-state index contributed by atoms with van der Waals surface area (Å²) in [6, 6.07) is 6.85. The summed E-state index contributed by atoms with van der Waals surface area (Å²) in [6.45, 7) is 6.41. The van der Waals surface area contributed by atoms with E-state index in [9.17, 15) is 8.78 Å². The molecule has 0 unspecified atom stereocenters. The lowest BCUT2D eigenvalue weighted by Crippen LogP contribution is -2.46. The van der Waals surface area contributed by atoms with Gasteiger partial charge in [-0.1, -0.05) is 45.0 Å². The summed E-state index contributed by atoms with van der Waals surface area (Å²) in [5, 5.41) is 0.965. The Kier molecular flexibility index (Phi) is 4.11. The number of ether oxygens (including phenoxy) is 2. The zero-order valence-corrected chi connectivity index (χ0v) is 14.4. The first kappa shape index (κ1) is 15.0. The van der Waals surface area contributed by atoms with Crippen LogP contribution in [-0.4, -0.2) is 14.4 Å². The number of rotatable bonds is 4. The molecule has 0 spiro atoms. The molecular weight excluding hydrogens is 381 g/mol. The van der Waals surface area contributed by atoms with Crippen LogP contribution in [0.3, 0.4) is 0 Å². The van der Waals surface area contributed by atoms with Gasteiger partial charge in [-0.2, -0.15) is 0 Å². The Labute approximate surface area is 126 Å². The van der Waals surface area contributed by atoms with Gasteiger partial charge in [-0.15, -0.1) is 8.78 Å². The van der Waals surface area contributed by atoms with Crippen LogP contribution in [0.4, 0.5) is 8.78 Å². The molecule has 6 heteroatoms. The van der Waals surface area contributed by atoms with Crippen LogP contribution in [0.2, 0.25) is 18.1 Å². The second-order valence-corrected chi connectivity index (χ2v) is 11.1. The van der Waals surface area contributed by atoms with Gasteiger partial charge in [0.2, 0.25) is 0 Å². The maximum atomic E-state index is 13.4. The van der Waals surface area contributed by atoms with Gasteiger partial charge in [-0.05, 0) is 33.8 Å². The summed E-state index contributed by atoms with van der Waals surface area (Å²) in [6.07, 6.45) is -3.53. The van der Waals surface area contributed by atoms with Gasteiger partial charge >= 0.3 is 6.29 Å². The van der Waals surface area contributed by atoms with E-state index in [0.717, 1.165) is 23.3 Å². The molecular formula is C13H17F2IO2Si. The van der Waals surface area contributed by atoms with Crippen LogP contribution in [-0.2, 0) is 0 Å². The minimum atomic E-state index is -3.53. The predicted octanol–water partition coefficient (Wildman–Crippen LogP) is 4.33. The van der Waals surface area contributed by atoms with Crippen LogP contribution in [0.15, 0.2) is 12.1 Å². The molecule has 0 aliphatic carbocycles. The van der Waals surface area contributed by atoms with Crippen LogP contribution >= 0.6 is 22.6 Å². The highest BCUT2D eigenvalue weighted by atomic mass is 127. The normalized spacial score (nSPS) is 16.7. The van der Waals surface area contributed by atoms with E-state index in [4.69, 9.17) is 4.74 Å². The highest BCUT2D eigenvalue weighted by molar-refractivity contribution is 14.1. The Morgan fingerprint density at radius 3 is 2.11 bits per heavy atom. The maximum Gasteiger partial charge on any atom is 0.586 e. The number of fused-ring (bicyclic) bond motifs is 1. The number of alkyl halides is 2. The fraction of sp³-hybridized carbons (Fsp3) is 0.538. The van der Waals surface area contributed by atoms with Gasteiger partial charge in [0.25, 0.3) is 0 Å². The zero-order chi connectivity index (χ0) is 14.3. The third kappa shape index (κ3) is 2.48. The van der Waals surface area contributed by atoms with Crippen LogP contribution in [0, 0.1) is 3.57 Å². The first-order valence-corrected chi connectivity index (χ1v) is 10.2. The molecule has 0 saturated heterocycles. The molecule has 0 aromatic heterocycles. The molecule has 0 N–H and O–H groups in total. The summed E-state index contributed by atoms with van der Waals surface area (Å²) < 4.78 is 36.8. The van der Waals surface area contributed by atoms with Crippen LogP contribution in [0.1, 0.15) is 20.8 Å². The smallest absolute Gasteiger partial charge is 0.395 e. The Hall–Kier alpha value is -0.373. The van der Waals surface area contributed by atoms with Crippen molar-refractivity contribution in [1.82, 2.24) is 0 Å². The van der Waals surface area contributed by atoms with E-state index in [-0.39, 0.29) is 11.5 Å². The molecule has 19 heavy (non-hydrogen) atoms. The van der Waals surface area contributed by atoms with Crippen molar-refractivity contribution in [3.8, 4) is 11.5 Å². The van der Waals surface area contributed by atoms with Crippen molar-refractivity contribution in [2.75, 3.05) is 0 Å². The molecule has 1 heterocycles. The first-order valence-electron chi connectivity index (χ1n) is 6.48. The Bertz CT molecular complexity index is 482. The second-order valence-electron chi connectivity index (χ2n) is 4.76. The lowest BCUT2D eigenvalue weighted by Gasteiger charge is -2.29. The molecule has 0 amide bonds. The lowest BCUT2D eigenvalue weighted by atomic mass is 10.3. The van der Waals surface area contributed by atoms with Crippen molar-refractivity contribution in [2.24, 2.45) is 0 Å². The van der Waals surface area contributed by atoms with E-state index >= 15 is 0 Å². The van der Waals surface area contributed by atoms with Gasteiger partial charge in [0.05, 0.1) is 11.6 Å². The number of halogens is 3. The molecule has 2 rings (SSSR count). The van der Waals surface area contributed by atoms with Gasteiger partial charge in [-0.25, -0.2) is 0 Å². The van der Waals surface area contributed by atoms with E-state index < -0.39 is 14.4 Å². The third-order valence-corrected chi connectivity index (χ3v) is 10.6. The molecule has 0 radical (unpaired) electrons. The Balaban J connectivity index is 2.59. The molecule has 1 aromatic rings. The van der Waals surface area contributed by atoms with Crippen molar-refractivity contribution >= 4 is 35.9 Å². The Morgan fingerprint density at radius 1 is 1.05 bits per heavy atom. The Morgan fingerprint density at radius 2 is 1.58 bits per heavy atom. The summed E-state index contributed by atoms with van der Waals surface area (Å²) in [4.78, 5) is 0. The SMILES string of the molecule is CC[Si](CC)(CC)c1ccc(I)c2c1OC(F)(F)O2. The lowest BCUT2D eigenvalue weighted by molar-refractivity contribution is -0.286. The fourth-order valence-electron chi connectivity index (χ4n) is 2.73. The van der Waals surface area contributed by atoms with Crippen molar-refractivity contribution in [3.05, 3.63) is 15.7 Å². The summed E-state index contributed by atoms with van der Waals surface area (Å²) in [5.41, 5.74) is 0. The molecule has 0 bridgehead atoms. The molecule has 0 fully saturated rings. The van der Waals surface area contributed by atoms with E-state index in [0.29, 0.717) is 3.57 Å². The largest absolute Gasteiger partial charge is 0.586 e. The van der Waals surface area contributed by atoms with Crippen LogP contribution < -0.4 is 14.7 Å². The van der Waals surface area contributed by atoms with Gasteiger partial charge < -0.3 is 9.47 Å². The third-order valence-electron chi connectivity index (χ3n) is 4.11. The average Bonchev–Trinajstić information content (AvgIpc) is 2.70. The van der Waals surface area contributed by atoms with Crippen LogP contribution in [0.5, 0.6) is 11.5 Å². The van der Waals surface area contributed by atoms with E-state index in [1.807, 2.05) is 34.7 Å². The monoisotopic (exact) mass is 398 g/mol. The fourth-order valence-corrected chi connectivity index (χ4v) is 6.99. The maximum absolute atomic E-state index is 13.4.